The number of aromatic nitrogens is 3. The smallest absolute Gasteiger partial charge is 0.412 e. The molecule has 2 aromatic carbocycles. The maximum atomic E-state index is 13.1. The summed E-state index contributed by atoms with van der Waals surface area (Å²) in [5, 5.41) is 3.73. The molecule has 232 valence electrons. The van der Waals surface area contributed by atoms with E-state index < -0.39 is 26.8 Å². The van der Waals surface area contributed by atoms with Gasteiger partial charge in [0.1, 0.15) is 23.8 Å². The van der Waals surface area contributed by atoms with Crippen LogP contribution in [0.25, 0.3) is 33.8 Å². The third-order valence-corrected chi connectivity index (χ3v) is 9.46. The predicted molar refractivity (Wildman–Crippen MR) is 166 cm³/mol. The summed E-state index contributed by atoms with van der Waals surface area (Å²) in [5.74, 6) is 0. The van der Waals surface area contributed by atoms with Crippen molar-refractivity contribution in [3.8, 4) is 33.8 Å². The van der Waals surface area contributed by atoms with Gasteiger partial charge in [-0.1, -0.05) is 41.6 Å². The first-order chi connectivity index (χ1) is 20.9. The van der Waals surface area contributed by atoms with Crippen LogP contribution in [-0.4, -0.2) is 58.2 Å². The van der Waals surface area contributed by atoms with Crippen LogP contribution in [0.4, 0.5) is 4.79 Å². The predicted octanol–water partition coefficient (Wildman–Crippen LogP) is 6.91. The minimum absolute atomic E-state index is 0.269. The van der Waals surface area contributed by atoms with Gasteiger partial charge in [-0.2, -0.15) is 0 Å². The molecule has 0 bridgehead atoms. The van der Waals surface area contributed by atoms with Gasteiger partial charge in [-0.25, -0.2) is 18.2 Å². The van der Waals surface area contributed by atoms with Crippen molar-refractivity contribution in [2.75, 3.05) is 6.61 Å². The first-order valence-electron chi connectivity index (χ1n) is 14.7. The maximum Gasteiger partial charge on any atom is 0.412 e. The summed E-state index contributed by atoms with van der Waals surface area (Å²) >= 11 is 0. The molecule has 10 nitrogen and oxygen atoms in total. The Morgan fingerprint density at radius 3 is 2.32 bits per heavy atom. The molecule has 2 aromatic heterocycles. The molecule has 3 heterocycles. The Balaban J connectivity index is 1.36. The second-order valence-corrected chi connectivity index (χ2v) is 14.6. The molecule has 0 N–H and O–H groups in total. The highest BCUT2D eigenvalue weighted by Crippen LogP contribution is 2.32. The quantitative estimate of drug-likeness (QED) is 0.207. The Kier molecular flexibility index (Phi) is 9.17. The van der Waals surface area contributed by atoms with Gasteiger partial charge >= 0.3 is 6.09 Å². The van der Waals surface area contributed by atoms with Crippen molar-refractivity contribution in [3.05, 3.63) is 72.8 Å². The van der Waals surface area contributed by atoms with Crippen LogP contribution < -0.4 is 0 Å². The van der Waals surface area contributed by atoms with E-state index >= 15 is 0 Å². The molecule has 1 fully saturated rings. The van der Waals surface area contributed by atoms with E-state index in [2.05, 4.69) is 10.1 Å². The molecule has 1 amide bonds. The molecule has 5 rings (SSSR count). The van der Waals surface area contributed by atoms with Crippen LogP contribution in [0.15, 0.2) is 76.6 Å². The average molecular weight is 619 g/mol. The van der Waals surface area contributed by atoms with E-state index in [0.717, 1.165) is 36.0 Å². The Morgan fingerprint density at radius 2 is 1.68 bits per heavy atom. The first-order valence-corrected chi connectivity index (χ1v) is 16.3. The van der Waals surface area contributed by atoms with Gasteiger partial charge in [-0.15, -0.1) is 0 Å². The van der Waals surface area contributed by atoms with Gasteiger partial charge in [-0.3, -0.25) is 9.88 Å². The van der Waals surface area contributed by atoms with Gasteiger partial charge in [0.15, 0.2) is 9.84 Å². The molecule has 0 radical (unpaired) electrons. The lowest BCUT2D eigenvalue weighted by atomic mass is 10.0. The average Bonchev–Trinajstić information content (AvgIpc) is 3.50. The standard InChI is InChI=1S/C33H38N4O6S/c1-22(2)44(39,40)26-15-13-24(14-16-26)28-18-34-19-29(35-28)27-21-42-36-31(27)25-11-9-23(10-12-25)20-37(30-8-6-7-17-41-30)32(38)43-33(3,4)5/h9-16,18-19,21-22,30H,6-8,17,20H2,1-5H3. The first kappa shape index (κ1) is 31.3. The lowest BCUT2D eigenvalue weighted by Crippen LogP contribution is -2.45. The lowest BCUT2D eigenvalue weighted by molar-refractivity contribution is -0.0911. The topological polar surface area (TPSA) is 125 Å². The molecule has 1 unspecified atom stereocenters. The number of nitrogens with zero attached hydrogens (tertiary/aromatic N) is 4. The lowest BCUT2D eigenvalue weighted by Gasteiger charge is -2.35. The summed E-state index contributed by atoms with van der Waals surface area (Å²) in [6, 6.07) is 14.4. The summed E-state index contributed by atoms with van der Waals surface area (Å²) < 4.78 is 42.0. The minimum Gasteiger partial charge on any atom is -0.444 e. The van der Waals surface area contributed by atoms with Gasteiger partial charge in [0, 0.05) is 17.7 Å². The van der Waals surface area contributed by atoms with Crippen molar-refractivity contribution < 1.29 is 27.2 Å². The number of rotatable bonds is 8. The molecular formula is C33H38N4O6S. The van der Waals surface area contributed by atoms with E-state index in [1.807, 2.05) is 45.0 Å². The Morgan fingerprint density at radius 1 is 1.00 bits per heavy atom. The van der Waals surface area contributed by atoms with Crippen LogP contribution >= 0.6 is 0 Å². The molecule has 0 aliphatic carbocycles. The zero-order valence-corrected chi connectivity index (χ0v) is 26.5. The van der Waals surface area contributed by atoms with Crippen LogP contribution in [0.2, 0.25) is 0 Å². The molecule has 4 aromatic rings. The monoisotopic (exact) mass is 618 g/mol. The van der Waals surface area contributed by atoms with Gasteiger partial charge in [0.05, 0.1) is 46.0 Å². The van der Waals surface area contributed by atoms with Crippen LogP contribution in [0, 0.1) is 0 Å². The van der Waals surface area contributed by atoms with Crippen molar-refractivity contribution in [3.63, 3.8) is 0 Å². The third-order valence-electron chi connectivity index (χ3n) is 7.29. The van der Waals surface area contributed by atoms with E-state index in [9.17, 15) is 13.2 Å². The molecular weight excluding hydrogens is 580 g/mol. The molecule has 1 aliphatic heterocycles. The van der Waals surface area contributed by atoms with Crippen LogP contribution in [0.5, 0.6) is 0 Å². The van der Waals surface area contributed by atoms with E-state index in [-0.39, 0.29) is 11.1 Å². The normalized spacial score (nSPS) is 15.7. The molecule has 11 heteroatoms. The summed E-state index contributed by atoms with van der Waals surface area (Å²) in [5.41, 5.74) is 4.26. The molecule has 0 spiro atoms. The van der Waals surface area contributed by atoms with Crippen molar-refractivity contribution in [2.24, 2.45) is 0 Å². The number of carbonyl (C=O) groups is 1. The number of carbonyl (C=O) groups excluding carboxylic acids is 1. The number of sulfone groups is 1. The van der Waals surface area contributed by atoms with E-state index in [1.54, 1.807) is 55.4 Å². The highest BCUT2D eigenvalue weighted by Gasteiger charge is 2.30. The highest BCUT2D eigenvalue weighted by molar-refractivity contribution is 7.92. The maximum absolute atomic E-state index is 13.1. The van der Waals surface area contributed by atoms with Gasteiger partial charge in [0.25, 0.3) is 0 Å². The Bertz CT molecular complexity index is 1690. The van der Waals surface area contributed by atoms with Crippen LogP contribution in [-0.2, 0) is 25.9 Å². The van der Waals surface area contributed by atoms with Crippen molar-refractivity contribution in [1.29, 1.82) is 0 Å². The zero-order valence-electron chi connectivity index (χ0n) is 25.7. The van der Waals surface area contributed by atoms with Crippen molar-refractivity contribution >= 4 is 15.9 Å². The summed E-state index contributed by atoms with van der Waals surface area (Å²) in [7, 11) is -3.37. The number of amides is 1. The number of hydrogen-bond donors (Lipinski definition) is 0. The highest BCUT2D eigenvalue weighted by atomic mass is 32.2. The molecule has 0 saturated carbocycles. The number of ether oxygens (including phenoxy) is 2. The Hall–Kier alpha value is -4.09. The van der Waals surface area contributed by atoms with E-state index in [4.69, 9.17) is 19.0 Å². The van der Waals surface area contributed by atoms with Crippen LogP contribution in [0.1, 0.15) is 59.4 Å². The fourth-order valence-corrected chi connectivity index (χ4v) is 5.95. The van der Waals surface area contributed by atoms with Gasteiger partial charge < -0.3 is 14.0 Å². The largest absolute Gasteiger partial charge is 0.444 e. The zero-order chi connectivity index (χ0) is 31.5. The second kappa shape index (κ2) is 12.9. The molecule has 1 saturated heterocycles. The van der Waals surface area contributed by atoms with Gasteiger partial charge in [0.2, 0.25) is 0 Å². The van der Waals surface area contributed by atoms with Gasteiger partial charge in [-0.05, 0) is 71.6 Å². The van der Waals surface area contributed by atoms with E-state index in [1.165, 1.54) is 6.26 Å². The third kappa shape index (κ3) is 7.16. The fourth-order valence-electron chi connectivity index (χ4n) is 4.89. The summed E-state index contributed by atoms with van der Waals surface area (Å²) in [6.45, 7) is 9.84. The van der Waals surface area contributed by atoms with Crippen LogP contribution in [0.3, 0.4) is 0 Å². The molecule has 1 aliphatic rings. The minimum atomic E-state index is -3.37. The Labute approximate surface area is 258 Å². The number of benzene rings is 2. The van der Waals surface area contributed by atoms with Crippen molar-refractivity contribution in [2.45, 2.75) is 82.4 Å². The summed E-state index contributed by atoms with van der Waals surface area (Å²) in [6.07, 6.45) is 6.80. The SMILES string of the molecule is CC(C)S(=O)(=O)c1ccc(-c2cncc(-c3conc3-c3ccc(CN(C(=O)OC(C)(C)C)C4CCCCO4)cc3)n2)cc1. The molecule has 44 heavy (non-hydrogen) atoms. The van der Waals surface area contributed by atoms with Crippen molar-refractivity contribution in [1.82, 2.24) is 20.0 Å². The number of hydrogen-bond acceptors (Lipinski definition) is 9. The second-order valence-electron chi connectivity index (χ2n) is 12.1. The van der Waals surface area contributed by atoms with E-state index in [0.29, 0.717) is 35.8 Å². The molecule has 1 atom stereocenters. The summed E-state index contributed by atoms with van der Waals surface area (Å²) in [4.78, 5) is 24.2. The fraction of sp³-hybridized carbons (Fsp3) is 0.394.